The Kier molecular flexibility index (Phi) is 4.68. The van der Waals surface area contributed by atoms with E-state index in [1.165, 1.54) is 13.2 Å². The minimum Gasteiger partial charge on any atom is -0.494 e. The fraction of sp³-hybridized carbons (Fsp3) is 0.429. The van der Waals surface area contributed by atoms with Crippen LogP contribution in [0.4, 0.5) is 4.39 Å². The van der Waals surface area contributed by atoms with Gasteiger partial charge >= 0.3 is 0 Å². The summed E-state index contributed by atoms with van der Waals surface area (Å²) in [6.07, 6.45) is 1.70. The van der Waals surface area contributed by atoms with Gasteiger partial charge in [-0.25, -0.2) is 9.07 Å². The molecule has 108 valence electrons. The SMILES string of the molecule is COc1cc(-n2nncc2CNCC(C)C)ccc1F. The zero-order valence-corrected chi connectivity index (χ0v) is 11.9. The Morgan fingerprint density at radius 2 is 2.20 bits per heavy atom. The van der Waals surface area contributed by atoms with Crippen molar-refractivity contribution in [2.24, 2.45) is 5.92 Å². The third-order valence-electron chi connectivity index (χ3n) is 2.86. The number of hydrogen-bond acceptors (Lipinski definition) is 4. The van der Waals surface area contributed by atoms with Crippen molar-refractivity contribution in [2.45, 2.75) is 20.4 Å². The highest BCUT2D eigenvalue weighted by Gasteiger charge is 2.09. The lowest BCUT2D eigenvalue weighted by Gasteiger charge is -2.10. The molecule has 0 amide bonds. The van der Waals surface area contributed by atoms with Gasteiger partial charge in [0.1, 0.15) is 0 Å². The van der Waals surface area contributed by atoms with E-state index in [1.54, 1.807) is 23.0 Å². The number of ether oxygens (including phenoxy) is 1. The molecule has 0 spiro atoms. The number of aromatic nitrogens is 3. The molecule has 5 nitrogen and oxygen atoms in total. The van der Waals surface area contributed by atoms with Crippen molar-refractivity contribution in [3.63, 3.8) is 0 Å². The summed E-state index contributed by atoms with van der Waals surface area (Å²) in [5.74, 6) is 0.375. The zero-order valence-electron chi connectivity index (χ0n) is 11.9. The molecule has 0 saturated carbocycles. The van der Waals surface area contributed by atoms with Crippen LogP contribution in [0.15, 0.2) is 24.4 Å². The Morgan fingerprint density at radius 3 is 2.90 bits per heavy atom. The van der Waals surface area contributed by atoms with Crippen molar-refractivity contribution >= 4 is 0 Å². The van der Waals surface area contributed by atoms with Crippen LogP contribution in [-0.2, 0) is 6.54 Å². The minimum atomic E-state index is -0.393. The minimum absolute atomic E-state index is 0.194. The summed E-state index contributed by atoms with van der Waals surface area (Å²) >= 11 is 0. The maximum atomic E-state index is 13.4. The van der Waals surface area contributed by atoms with Crippen LogP contribution in [-0.4, -0.2) is 28.6 Å². The fourth-order valence-corrected chi connectivity index (χ4v) is 1.86. The van der Waals surface area contributed by atoms with Gasteiger partial charge in [-0.05, 0) is 24.6 Å². The van der Waals surface area contributed by atoms with E-state index in [9.17, 15) is 4.39 Å². The summed E-state index contributed by atoms with van der Waals surface area (Å²) in [4.78, 5) is 0. The highest BCUT2D eigenvalue weighted by atomic mass is 19.1. The first-order chi connectivity index (χ1) is 9.61. The first-order valence-electron chi connectivity index (χ1n) is 6.56. The summed E-state index contributed by atoms with van der Waals surface area (Å²) in [5.41, 5.74) is 1.64. The van der Waals surface area contributed by atoms with E-state index in [2.05, 4.69) is 29.5 Å². The molecule has 0 aliphatic heterocycles. The lowest BCUT2D eigenvalue weighted by molar-refractivity contribution is 0.386. The Bertz CT molecular complexity index is 568. The molecule has 0 fully saturated rings. The topological polar surface area (TPSA) is 52.0 Å². The van der Waals surface area contributed by atoms with Gasteiger partial charge in [0, 0.05) is 12.6 Å². The van der Waals surface area contributed by atoms with E-state index in [-0.39, 0.29) is 5.75 Å². The van der Waals surface area contributed by atoms with Gasteiger partial charge in [0.15, 0.2) is 11.6 Å². The third-order valence-corrected chi connectivity index (χ3v) is 2.86. The number of halogens is 1. The van der Waals surface area contributed by atoms with Crippen LogP contribution in [0.3, 0.4) is 0 Å². The molecule has 0 aliphatic rings. The Labute approximate surface area is 117 Å². The number of methoxy groups -OCH3 is 1. The summed E-state index contributed by atoms with van der Waals surface area (Å²) < 4.78 is 20.1. The Hall–Kier alpha value is -1.95. The van der Waals surface area contributed by atoms with E-state index >= 15 is 0 Å². The molecule has 2 rings (SSSR count). The molecule has 2 aromatic rings. The van der Waals surface area contributed by atoms with Crippen LogP contribution in [0.25, 0.3) is 5.69 Å². The van der Waals surface area contributed by atoms with Crippen LogP contribution in [0.1, 0.15) is 19.5 Å². The maximum absolute atomic E-state index is 13.4. The van der Waals surface area contributed by atoms with Gasteiger partial charge in [0.25, 0.3) is 0 Å². The lowest BCUT2D eigenvalue weighted by Crippen LogP contribution is -2.20. The summed E-state index contributed by atoms with van der Waals surface area (Å²) in [6.45, 7) is 5.86. The second-order valence-electron chi connectivity index (χ2n) is 4.98. The third kappa shape index (κ3) is 3.33. The Balaban J connectivity index is 2.19. The molecule has 1 heterocycles. The summed E-state index contributed by atoms with van der Waals surface area (Å²) in [5, 5.41) is 11.3. The summed E-state index contributed by atoms with van der Waals surface area (Å²) in [7, 11) is 1.44. The largest absolute Gasteiger partial charge is 0.494 e. The molecule has 1 aromatic carbocycles. The lowest BCUT2D eigenvalue weighted by atomic mass is 10.2. The standard InChI is InChI=1S/C14H19FN4O/c1-10(2)7-16-8-12-9-17-18-19(12)11-4-5-13(15)14(6-11)20-3/h4-6,9-10,16H,7-8H2,1-3H3. The number of benzene rings is 1. The summed E-state index contributed by atoms with van der Waals surface area (Å²) in [6, 6.07) is 4.62. The molecule has 0 radical (unpaired) electrons. The van der Waals surface area contributed by atoms with Crippen LogP contribution < -0.4 is 10.1 Å². The van der Waals surface area contributed by atoms with Gasteiger partial charge in [-0.15, -0.1) is 5.10 Å². The maximum Gasteiger partial charge on any atom is 0.165 e. The molecule has 0 bridgehead atoms. The van der Waals surface area contributed by atoms with E-state index in [0.717, 1.165) is 17.9 Å². The molecular weight excluding hydrogens is 259 g/mol. The average molecular weight is 278 g/mol. The molecule has 0 saturated heterocycles. The van der Waals surface area contributed by atoms with Crippen molar-refractivity contribution in [1.29, 1.82) is 0 Å². The molecule has 0 atom stereocenters. The predicted octanol–water partition coefficient (Wildman–Crippen LogP) is 2.16. The number of nitrogens with one attached hydrogen (secondary N) is 1. The second kappa shape index (κ2) is 6.47. The van der Waals surface area contributed by atoms with Crippen molar-refractivity contribution in [3.05, 3.63) is 35.9 Å². The highest BCUT2D eigenvalue weighted by Crippen LogP contribution is 2.21. The fourth-order valence-electron chi connectivity index (χ4n) is 1.86. The van der Waals surface area contributed by atoms with Crippen molar-refractivity contribution in [3.8, 4) is 11.4 Å². The molecule has 20 heavy (non-hydrogen) atoms. The Morgan fingerprint density at radius 1 is 1.40 bits per heavy atom. The molecule has 0 unspecified atom stereocenters. The van der Waals surface area contributed by atoms with Crippen molar-refractivity contribution in [1.82, 2.24) is 20.3 Å². The van der Waals surface area contributed by atoms with Gasteiger partial charge in [-0.2, -0.15) is 0 Å². The molecular formula is C14H19FN4O. The number of hydrogen-bond donors (Lipinski definition) is 1. The average Bonchev–Trinajstić information content (AvgIpc) is 2.87. The van der Waals surface area contributed by atoms with Crippen molar-refractivity contribution in [2.75, 3.05) is 13.7 Å². The van der Waals surface area contributed by atoms with Gasteiger partial charge < -0.3 is 10.1 Å². The molecule has 0 aliphatic carbocycles. The van der Waals surface area contributed by atoms with Crippen LogP contribution in [0.2, 0.25) is 0 Å². The predicted molar refractivity (Wildman–Crippen MR) is 74.4 cm³/mol. The van der Waals surface area contributed by atoms with E-state index in [4.69, 9.17) is 4.74 Å². The van der Waals surface area contributed by atoms with Crippen LogP contribution in [0.5, 0.6) is 5.75 Å². The van der Waals surface area contributed by atoms with Gasteiger partial charge in [0.2, 0.25) is 0 Å². The molecule has 1 N–H and O–H groups in total. The van der Waals surface area contributed by atoms with Crippen molar-refractivity contribution < 1.29 is 9.13 Å². The first kappa shape index (κ1) is 14.5. The van der Waals surface area contributed by atoms with Crippen LogP contribution in [0, 0.1) is 11.7 Å². The van der Waals surface area contributed by atoms with Gasteiger partial charge in [0.05, 0.1) is 24.7 Å². The molecule has 6 heteroatoms. The van der Waals surface area contributed by atoms with Crippen LogP contribution >= 0.6 is 0 Å². The van der Waals surface area contributed by atoms with E-state index < -0.39 is 5.82 Å². The van der Waals surface area contributed by atoms with E-state index in [1.807, 2.05) is 0 Å². The van der Waals surface area contributed by atoms with Gasteiger partial charge in [-0.1, -0.05) is 19.1 Å². The highest BCUT2D eigenvalue weighted by molar-refractivity contribution is 5.40. The molecule has 1 aromatic heterocycles. The monoisotopic (exact) mass is 278 g/mol. The first-order valence-corrected chi connectivity index (χ1v) is 6.56. The second-order valence-corrected chi connectivity index (χ2v) is 4.98. The van der Waals surface area contributed by atoms with Gasteiger partial charge in [-0.3, -0.25) is 0 Å². The quantitative estimate of drug-likeness (QED) is 0.879. The smallest absolute Gasteiger partial charge is 0.165 e. The zero-order chi connectivity index (χ0) is 14.5. The number of nitrogens with zero attached hydrogens (tertiary/aromatic N) is 3. The number of rotatable bonds is 6. The normalized spacial score (nSPS) is 11.1. The van der Waals surface area contributed by atoms with E-state index in [0.29, 0.717) is 12.5 Å².